The lowest BCUT2D eigenvalue weighted by molar-refractivity contribution is 0.722. The van der Waals surface area contributed by atoms with Gasteiger partial charge in [-0.15, -0.1) is 0 Å². The van der Waals surface area contributed by atoms with E-state index >= 15 is 0 Å². The van der Waals surface area contributed by atoms with Crippen LogP contribution in [-0.2, 0) is 6.54 Å². The summed E-state index contributed by atoms with van der Waals surface area (Å²) in [6, 6.07) is 14.3. The number of rotatable bonds is 6. The first-order valence-electron chi connectivity index (χ1n) is 7.28. The quantitative estimate of drug-likeness (QED) is 0.505. The minimum Gasteiger partial charge on any atom is -0.299 e. The molecular formula is C17H18N3S. The summed E-state index contributed by atoms with van der Waals surface area (Å²) in [5.74, 6) is 1.10. The van der Waals surface area contributed by atoms with Gasteiger partial charge in [0.1, 0.15) is 5.52 Å². The van der Waals surface area contributed by atoms with Crippen LogP contribution in [0.2, 0.25) is 0 Å². The number of imidazole rings is 1. The van der Waals surface area contributed by atoms with E-state index in [4.69, 9.17) is 4.98 Å². The first kappa shape index (κ1) is 14.1. The first-order chi connectivity index (χ1) is 10.4. The summed E-state index contributed by atoms with van der Waals surface area (Å²) in [5.41, 5.74) is 3.13. The Morgan fingerprint density at radius 1 is 1.19 bits per heavy atom. The molecule has 0 atom stereocenters. The van der Waals surface area contributed by atoms with Gasteiger partial charge in [-0.3, -0.25) is 4.57 Å². The number of aromatic nitrogens is 3. The fourth-order valence-electron chi connectivity index (χ4n) is 2.21. The summed E-state index contributed by atoms with van der Waals surface area (Å²) in [6.45, 7) is 3.01. The fraction of sp³-hybridized carbons (Fsp3) is 0.294. The minimum atomic E-state index is 0.802. The molecule has 0 bridgehead atoms. The Hall–Kier alpha value is -1.81. The van der Waals surface area contributed by atoms with Crippen molar-refractivity contribution in [3.05, 3.63) is 54.2 Å². The molecule has 0 saturated heterocycles. The third-order valence-electron chi connectivity index (χ3n) is 3.33. The summed E-state index contributed by atoms with van der Waals surface area (Å²) in [6.07, 6.45) is 5.34. The molecule has 3 rings (SSSR count). The molecule has 0 fully saturated rings. The molecule has 0 aliphatic rings. The Labute approximate surface area is 129 Å². The second-order valence-corrected chi connectivity index (χ2v) is 6.01. The molecule has 0 aliphatic carbocycles. The molecular weight excluding hydrogens is 278 g/mol. The second-order valence-electron chi connectivity index (χ2n) is 4.95. The molecule has 107 valence electrons. The van der Waals surface area contributed by atoms with Crippen LogP contribution in [0.3, 0.4) is 0 Å². The highest BCUT2D eigenvalue weighted by Crippen LogP contribution is 2.24. The van der Waals surface area contributed by atoms with E-state index in [0.717, 1.165) is 28.6 Å². The van der Waals surface area contributed by atoms with Gasteiger partial charge in [0.05, 0.1) is 12.7 Å². The highest BCUT2D eigenvalue weighted by Gasteiger charge is 2.12. The largest absolute Gasteiger partial charge is 0.299 e. The van der Waals surface area contributed by atoms with Crippen molar-refractivity contribution in [1.29, 1.82) is 0 Å². The number of nitrogens with zero attached hydrogens (tertiary/aromatic N) is 3. The number of hydrogen-bond donors (Lipinski definition) is 0. The lowest BCUT2D eigenvalue weighted by Crippen LogP contribution is -2.02. The summed E-state index contributed by atoms with van der Waals surface area (Å²) < 4.78 is 2.20. The van der Waals surface area contributed by atoms with Crippen molar-refractivity contribution in [3.8, 4) is 0 Å². The van der Waals surface area contributed by atoms with E-state index in [0.29, 0.717) is 0 Å². The van der Waals surface area contributed by atoms with Gasteiger partial charge in [0.2, 0.25) is 0 Å². The maximum atomic E-state index is 4.72. The zero-order valence-corrected chi connectivity index (χ0v) is 12.9. The lowest BCUT2D eigenvalue weighted by atomic mass is 10.2. The lowest BCUT2D eigenvalue weighted by Gasteiger charge is -2.08. The van der Waals surface area contributed by atoms with Crippen LogP contribution in [0.15, 0.2) is 47.6 Å². The number of unbranched alkanes of at least 4 members (excludes halogenated alkanes) is 1. The zero-order chi connectivity index (χ0) is 14.5. The molecule has 1 aromatic carbocycles. The SMILES string of the molecule is CCCCSc1nc2cc[c]nc2n1Cc1ccccc1. The van der Waals surface area contributed by atoms with Gasteiger partial charge in [-0.2, -0.15) is 0 Å². The average Bonchev–Trinajstić information content (AvgIpc) is 2.87. The van der Waals surface area contributed by atoms with E-state index in [9.17, 15) is 0 Å². The molecule has 0 spiro atoms. The van der Waals surface area contributed by atoms with Crippen LogP contribution in [0.4, 0.5) is 0 Å². The van der Waals surface area contributed by atoms with Gasteiger partial charge in [0, 0.05) is 5.75 Å². The van der Waals surface area contributed by atoms with Crippen LogP contribution in [0.1, 0.15) is 25.3 Å². The zero-order valence-electron chi connectivity index (χ0n) is 12.1. The topological polar surface area (TPSA) is 30.7 Å². The van der Waals surface area contributed by atoms with Crippen LogP contribution in [0, 0.1) is 6.20 Å². The van der Waals surface area contributed by atoms with Crippen LogP contribution in [0.5, 0.6) is 0 Å². The van der Waals surface area contributed by atoms with E-state index in [1.165, 1.54) is 18.4 Å². The molecule has 0 N–H and O–H groups in total. The van der Waals surface area contributed by atoms with E-state index in [1.807, 2.05) is 30.0 Å². The number of thioether (sulfide) groups is 1. The Bertz CT molecular complexity index is 706. The van der Waals surface area contributed by atoms with Gasteiger partial charge in [-0.05, 0) is 24.1 Å². The molecule has 0 amide bonds. The standard InChI is InChI=1S/C17H18N3S/c1-2-3-12-21-17-19-15-10-7-11-18-16(15)20(17)13-14-8-5-4-6-9-14/h4-10H,2-3,12-13H2,1H3. The second kappa shape index (κ2) is 6.76. The van der Waals surface area contributed by atoms with Crippen molar-refractivity contribution in [2.75, 3.05) is 5.75 Å². The third kappa shape index (κ3) is 3.27. The summed E-state index contributed by atoms with van der Waals surface area (Å²) in [4.78, 5) is 9.11. The maximum Gasteiger partial charge on any atom is 0.170 e. The molecule has 0 unspecified atom stereocenters. The Kier molecular flexibility index (Phi) is 4.55. The number of fused-ring (bicyclic) bond motifs is 1. The average molecular weight is 296 g/mol. The normalized spacial score (nSPS) is 11.1. The summed E-state index contributed by atoms with van der Waals surface area (Å²) in [7, 11) is 0. The first-order valence-corrected chi connectivity index (χ1v) is 8.27. The van der Waals surface area contributed by atoms with E-state index in [2.05, 4.69) is 46.9 Å². The molecule has 3 aromatic rings. The van der Waals surface area contributed by atoms with E-state index in [-0.39, 0.29) is 0 Å². The Morgan fingerprint density at radius 2 is 2.05 bits per heavy atom. The van der Waals surface area contributed by atoms with Gasteiger partial charge < -0.3 is 0 Å². The molecule has 2 aromatic heterocycles. The van der Waals surface area contributed by atoms with Crippen molar-refractivity contribution < 1.29 is 0 Å². The van der Waals surface area contributed by atoms with Crippen molar-refractivity contribution in [1.82, 2.24) is 14.5 Å². The van der Waals surface area contributed by atoms with Crippen molar-refractivity contribution in [3.63, 3.8) is 0 Å². The molecule has 3 nitrogen and oxygen atoms in total. The highest BCUT2D eigenvalue weighted by atomic mass is 32.2. The van der Waals surface area contributed by atoms with Crippen LogP contribution in [-0.4, -0.2) is 20.3 Å². The molecule has 0 saturated carbocycles. The minimum absolute atomic E-state index is 0.802. The molecule has 0 aliphatic heterocycles. The number of pyridine rings is 1. The smallest absolute Gasteiger partial charge is 0.170 e. The number of hydrogen-bond acceptors (Lipinski definition) is 3. The van der Waals surface area contributed by atoms with Crippen LogP contribution in [0.25, 0.3) is 11.2 Å². The Balaban J connectivity index is 1.95. The van der Waals surface area contributed by atoms with Gasteiger partial charge in [0.25, 0.3) is 0 Å². The highest BCUT2D eigenvalue weighted by molar-refractivity contribution is 7.99. The summed E-state index contributed by atoms with van der Waals surface area (Å²) in [5, 5.41) is 1.05. The van der Waals surface area contributed by atoms with E-state index in [1.54, 1.807) is 0 Å². The maximum absolute atomic E-state index is 4.72. The fourth-order valence-corrected chi connectivity index (χ4v) is 3.30. The van der Waals surface area contributed by atoms with Crippen molar-refractivity contribution in [2.45, 2.75) is 31.5 Å². The molecule has 21 heavy (non-hydrogen) atoms. The van der Waals surface area contributed by atoms with E-state index < -0.39 is 0 Å². The van der Waals surface area contributed by atoms with Gasteiger partial charge >= 0.3 is 0 Å². The molecule has 4 heteroatoms. The van der Waals surface area contributed by atoms with Gasteiger partial charge in [-0.25, -0.2) is 9.97 Å². The third-order valence-corrected chi connectivity index (χ3v) is 4.39. The van der Waals surface area contributed by atoms with Crippen molar-refractivity contribution in [2.24, 2.45) is 0 Å². The predicted molar refractivity (Wildman–Crippen MR) is 87.5 cm³/mol. The Morgan fingerprint density at radius 3 is 2.86 bits per heavy atom. The van der Waals surface area contributed by atoms with Gasteiger partial charge in [0.15, 0.2) is 10.8 Å². The number of benzene rings is 1. The summed E-state index contributed by atoms with van der Waals surface area (Å²) >= 11 is 1.81. The van der Waals surface area contributed by atoms with Crippen LogP contribution >= 0.6 is 11.8 Å². The predicted octanol–water partition coefficient (Wildman–Crippen LogP) is 4.17. The van der Waals surface area contributed by atoms with Crippen molar-refractivity contribution >= 4 is 22.9 Å². The monoisotopic (exact) mass is 296 g/mol. The van der Waals surface area contributed by atoms with Crippen LogP contribution < -0.4 is 0 Å². The molecule has 2 heterocycles. The van der Waals surface area contributed by atoms with Gasteiger partial charge in [-0.1, -0.05) is 55.4 Å². The molecule has 1 radical (unpaired) electrons.